The van der Waals surface area contributed by atoms with Gasteiger partial charge in [-0.05, 0) is 18.4 Å². The van der Waals surface area contributed by atoms with Crippen LogP contribution in [0.4, 0.5) is 5.13 Å². The van der Waals surface area contributed by atoms with Crippen LogP contribution in [0.5, 0.6) is 0 Å². The van der Waals surface area contributed by atoms with Crippen LogP contribution in [0.2, 0.25) is 0 Å². The zero-order valence-electron chi connectivity index (χ0n) is 9.08. The van der Waals surface area contributed by atoms with Gasteiger partial charge in [0.2, 0.25) is 5.13 Å². The molecule has 0 radical (unpaired) electrons. The van der Waals surface area contributed by atoms with Crippen LogP contribution in [0.25, 0.3) is 0 Å². The molecular formula is C10H11N3O2S2. The Bertz CT molecular complexity index is 493. The van der Waals surface area contributed by atoms with Crippen molar-refractivity contribution in [2.75, 3.05) is 5.32 Å². The van der Waals surface area contributed by atoms with Crippen LogP contribution in [0.15, 0.2) is 17.5 Å². The van der Waals surface area contributed by atoms with Crippen molar-refractivity contribution in [3.63, 3.8) is 0 Å². The topological polar surface area (TPSA) is 75.1 Å². The van der Waals surface area contributed by atoms with Crippen LogP contribution in [0, 0.1) is 0 Å². The number of aliphatic hydroxyl groups is 1. The quantitative estimate of drug-likeness (QED) is 0.887. The SMILES string of the molecule is C[C@H](O)Cc1nsc(NC(=O)c2cccs2)n1. The minimum Gasteiger partial charge on any atom is -0.393 e. The lowest BCUT2D eigenvalue weighted by molar-refractivity contribution is 0.103. The van der Waals surface area contributed by atoms with Gasteiger partial charge in [-0.15, -0.1) is 11.3 Å². The molecule has 1 amide bonds. The molecule has 0 fully saturated rings. The summed E-state index contributed by atoms with van der Waals surface area (Å²) in [6.07, 6.45) is -0.0868. The Kier molecular flexibility index (Phi) is 3.82. The van der Waals surface area contributed by atoms with E-state index in [1.807, 2.05) is 11.4 Å². The molecule has 0 aliphatic heterocycles. The van der Waals surface area contributed by atoms with Crippen molar-refractivity contribution in [2.45, 2.75) is 19.4 Å². The summed E-state index contributed by atoms with van der Waals surface area (Å²) < 4.78 is 4.05. The average molecular weight is 269 g/mol. The maximum Gasteiger partial charge on any atom is 0.267 e. The van der Waals surface area contributed by atoms with Gasteiger partial charge in [-0.2, -0.15) is 4.37 Å². The number of thiophene rings is 1. The third kappa shape index (κ3) is 3.32. The van der Waals surface area contributed by atoms with Gasteiger partial charge in [0, 0.05) is 18.0 Å². The van der Waals surface area contributed by atoms with Crippen molar-refractivity contribution in [1.82, 2.24) is 9.36 Å². The number of anilines is 1. The second kappa shape index (κ2) is 5.35. The van der Waals surface area contributed by atoms with E-state index in [0.717, 1.165) is 11.5 Å². The second-order valence-electron chi connectivity index (χ2n) is 3.50. The normalized spacial score (nSPS) is 12.4. The number of rotatable bonds is 4. The number of nitrogens with one attached hydrogen (secondary N) is 1. The first-order valence-corrected chi connectivity index (χ1v) is 6.66. The number of aliphatic hydroxyl groups excluding tert-OH is 1. The molecule has 7 heteroatoms. The molecule has 0 aromatic carbocycles. The fourth-order valence-corrected chi connectivity index (χ4v) is 2.43. The van der Waals surface area contributed by atoms with Crippen LogP contribution in [0.3, 0.4) is 0 Å². The van der Waals surface area contributed by atoms with Crippen LogP contribution in [-0.2, 0) is 6.42 Å². The molecule has 0 aliphatic rings. The summed E-state index contributed by atoms with van der Waals surface area (Å²) in [5, 5.41) is 14.2. The number of hydrogen-bond donors (Lipinski definition) is 2. The van der Waals surface area contributed by atoms with E-state index in [-0.39, 0.29) is 5.91 Å². The Balaban J connectivity index is 1.99. The lowest BCUT2D eigenvalue weighted by Gasteiger charge is -1.98. The first-order valence-electron chi connectivity index (χ1n) is 5.00. The maximum atomic E-state index is 11.7. The van der Waals surface area contributed by atoms with Gasteiger partial charge >= 0.3 is 0 Å². The molecule has 90 valence electrons. The fraction of sp³-hybridized carbons (Fsp3) is 0.300. The molecule has 2 rings (SSSR count). The molecule has 2 N–H and O–H groups in total. The van der Waals surface area contributed by atoms with Gasteiger partial charge in [-0.3, -0.25) is 10.1 Å². The van der Waals surface area contributed by atoms with E-state index in [1.165, 1.54) is 11.3 Å². The molecule has 0 unspecified atom stereocenters. The van der Waals surface area contributed by atoms with E-state index in [4.69, 9.17) is 0 Å². The number of amides is 1. The van der Waals surface area contributed by atoms with Crippen molar-refractivity contribution in [2.24, 2.45) is 0 Å². The summed E-state index contributed by atoms with van der Waals surface area (Å²) in [5.41, 5.74) is 0. The predicted molar refractivity (Wildman–Crippen MR) is 67.6 cm³/mol. The highest BCUT2D eigenvalue weighted by atomic mass is 32.1. The molecular weight excluding hydrogens is 258 g/mol. The molecule has 5 nitrogen and oxygen atoms in total. The number of carbonyl (C=O) groups is 1. The van der Waals surface area contributed by atoms with Crippen molar-refractivity contribution in [3.8, 4) is 0 Å². The zero-order valence-corrected chi connectivity index (χ0v) is 10.7. The van der Waals surface area contributed by atoms with Gasteiger partial charge in [0.15, 0.2) is 0 Å². The van der Waals surface area contributed by atoms with E-state index in [1.54, 1.807) is 13.0 Å². The van der Waals surface area contributed by atoms with Crippen LogP contribution in [-0.4, -0.2) is 26.5 Å². The summed E-state index contributed by atoms with van der Waals surface area (Å²) in [5.74, 6) is 0.367. The predicted octanol–water partition coefficient (Wildman–Crippen LogP) is 1.78. The fourth-order valence-electron chi connectivity index (χ4n) is 1.22. The molecule has 0 aliphatic carbocycles. The minimum atomic E-state index is -0.481. The molecule has 0 bridgehead atoms. The van der Waals surface area contributed by atoms with Crippen LogP contribution < -0.4 is 5.32 Å². The van der Waals surface area contributed by atoms with Gasteiger partial charge < -0.3 is 5.11 Å². The summed E-state index contributed by atoms with van der Waals surface area (Å²) in [6, 6.07) is 3.57. The van der Waals surface area contributed by atoms with Crippen molar-refractivity contribution < 1.29 is 9.90 Å². The van der Waals surface area contributed by atoms with Gasteiger partial charge in [0.1, 0.15) is 5.82 Å². The Labute approximate surface area is 106 Å². The third-order valence-corrected chi connectivity index (χ3v) is 3.45. The maximum absolute atomic E-state index is 11.7. The molecule has 2 heterocycles. The Morgan fingerprint density at radius 2 is 2.47 bits per heavy atom. The third-order valence-electron chi connectivity index (χ3n) is 1.91. The molecule has 0 spiro atoms. The Morgan fingerprint density at radius 1 is 1.65 bits per heavy atom. The van der Waals surface area contributed by atoms with E-state index >= 15 is 0 Å². The average Bonchev–Trinajstić information content (AvgIpc) is 2.87. The van der Waals surface area contributed by atoms with E-state index in [2.05, 4.69) is 14.7 Å². The molecule has 2 aromatic rings. The number of carbonyl (C=O) groups excluding carboxylic acids is 1. The largest absolute Gasteiger partial charge is 0.393 e. The lowest BCUT2D eigenvalue weighted by Crippen LogP contribution is -2.10. The first-order chi connectivity index (χ1) is 8.15. The van der Waals surface area contributed by atoms with E-state index < -0.39 is 6.10 Å². The summed E-state index contributed by atoms with van der Waals surface area (Å²) in [4.78, 5) is 16.5. The summed E-state index contributed by atoms with van der Waals surface area (Å²) in [7, 11) is 0. The summed E-state index contributed by atoms with van der Waals surface area (Å²) in [6.45, 7) is 1.67. The highest BCUT2D eigenvalue weighted by molar-refractivity contribution is 7.12. The number of aromatic nitrogens is 2. The van der Waals surface area contributed by atoms with Crippen LogP contribution in [0.1, 0.15) is 22.4 Å². The monoisotopic (exact) mass is 269 g/mol. The molecule has 0 saturated heterocycles. The number of hydrogen-bond acceptors (Lipinski definition) is 6. The summed E-state index contributed by atoms with van der Waals surface area (Å²) >= 11 is 2.49. The lowest BCUT2D eigenvalue weighted by atomic mass is 10.3. The van der Waals surface area contributed by atoms with E-state index in [9.17, 15) is 9.90 Å². The minimum absolute atomic E-state index is 0.181. The number of nitrogens with zero attached hydrogens (tertiary/aromatic N) is 2. The zero-order chi connectivity index (χ0) is 12.3. The molecule has 2 aromatic heterocycles. The highest BCUT2D eigenvalue weighted by Crippen LogP contribution is 2.15. The highest BCUT2D eigenvalue weighted by Gasteiger charge is 2.11. The Hall–Kier alpha value is -1.31. The Morgan fingerprint density at radius 3 is 3.12 bits per heavy atom. The second-order valence-corrected chi connectivity index (χ2v) is 5.20. The van der Waals surface area contributed by atoms with E-state index in [0.29, 0.717) is 22.3 Å². The molecule has 1 atom stereocenters. The van der Waals surface area contributed by atoms with Crippen molar-refractivity contribution in [1.29, 1.82) is 0 Å². The van der Waals surface area contributed by atoms with Gasteiger partial charge in [-0.1, -0.05) is 6.07 Å². The van der Waals surface area contributed by atoms with Gasteiger partial charge in [0.25, 0.3) is 5.91 Å². The van der Waals surface area contributed by atoms with Gasteiger partial charge in [0.05, 0.1) is 11.0 Å². The van der Waals surface area contributed by atoms with Crippen LogP contribution >= 0.6 is 22.9 Å². The van der Waals surface area contributed by atoms with Gasteiger partial charge in [-0.25, -0.2) is 4.98 Å². The first kappa shape index (κ1) is 12.2. The molecule has 0 saturated carbocycles. The molecule has 17 heavy (non-hydrogen) atoms. The standard InChI is InChI=1S/C10H11N3O2S2/c1-6(14)5-8-11-10(17-13-8)12-9(15)7-3-2-4-16-7/h2-4,6,14H,5H2,1H3,(H,11,12,13,15)/t6-/m0/s1. The van der Waals surface area contributed by atoms with Crippen molar-refractivity contribution in [3.05, 3.63) is 28.2 Å². The van der Waals surface area contributed by atoms with Crippen molar-refractivity contribution >= 4 is 33.9 Å². The smallest absolute Gasteiger partial charge is 0.267 e.